The zero-order valence-electron chi connectivity index (χ0n) is 24.2. The molecule has 0 unspecified atom stereocenters. The summed E-state index contributed by atoms with van der Waals surface area (Å²) in [4.78, 5) is 31.8. The summed E-state index contributed by atoms with van der Waals surface area (Å²) >= 11 is 0. The molecule has 6 nitrogen and oxygen atoms in total. The number of aliphatic hydroxyl groups excluding tert-OH is 1. The second-order valence-corrected chi connectivity index (χ2v) is 14.6. The number of nitrogens with zero attached hydrogens (tertiary/aromatic N) is 1. The third-order valence-corrected chi connectivity index (χ3v) is 12.6. The lowest BCUT2D eigenvalue weighted by atomic mass is 9.33. The van der Waals surface area contributed by atoms with Crippen LogP contribution in [-0.2, 0) is 14.3 Å². The second kappa shape index (κ2) is 8.19. The Hall–Kier alpha value is -2.13. The van der Waals surface area contributed by atoms with Crippen LogP contribution in [0.4, 0.5) is 0 Å². The molecule has 208 valence electrons. The van der Waals surface area contributed by atoms with Gasteiger partial charge in [0.25, 0.3) is 0 Å². The number of carbonyl (C=O) groups excluding carboxylic acids is 2. The third-order valence-electron chi connectivity index (χ3n) is 12.6. The van der Waals surface area contributed by atoms with E-state index in [0.717, 1.165) is 24.8 Å². The van der Waals surface area contributed by atoms with Gasteiger partial charge in [-0.05, 0) is 86.5 Å². The van der Waals surface area contributed by atoms with E-state index in [4.69, 9.17) is 11.3 Å². The van der Waals surface area contributed by atoms with Gasteiger partial charge in [0, 0.05) is 17.3 Å². The number of aliphatic hydroxyl groups is 2. The van der Waals surface area contributed by atoms with Gasteiger partial charge >= 0.3 is 5.97 Å². The van der Waals surface area contributed by atoms with Crippen LogP contribution in [0.15, 0.2) is 23.1 Å². The minimum Gasteiger partial charge on any atom is -0.523 e. The first-order valence-electron chi connectivity index (χ1n) is 14.5. The van der Waals surface area contributed by atoms with Crippen LogP contribution in [-0.4, -0.2) is 34.2 Å². The predicted octanol–water partition coefficient (Wildman–Crippen LogP) is 6.55. The normalized spacial score (nSPS) is 47.5. The van der Waals surface area contributed by atoms with Crippen molar-refractivity contribution in [2.75, 3.05) is 6.61 Å². The van der Waals surface area contributed by atoms with E-state index in [2.05, 4.69) is 39.5 Å². The number of hydrogen-bond donors (Lipinski definition) is 2. The zero-order chi connectivity index (χ0) is 28.1. The molecule has 5 rings (SSSR count). The maximum atomic E-state index is 14.5. The molecule has 5 aliphatic carbocycles. The van der Waals surface area contributed by atoms with Crippen molar-refractivity contribution in [1.29, 1.82) is 0 Å². The van der Waals surface area contributed by atoms with E-state index in [-0.39, 0.29) is 41.4 Å². The molecule has 3 saturated carbocycles. The van der Waals surface area contributed by atoms with Crippen molar-refractivity contribution < 1.29 is 24.5 Å². The van der Waals surface area contributed by atoms with Crippen molar-refractivity contribution in [2.24, 2.45) is 44.8 Å². The molecular weight excluding hydrogens is 478 g/mol. The molecule has 0 amide bonds. The van der Waals surface area contributed by atoms with Gasteiger partial charge in [-0.1, -0.05) is 47.1 Å². The highest BCUT2D eigenvalue weighted by Gasteiger charge is 2.76. The van der Waals surface area contributed by atoms with Crippen LogP contribution in [0.1, 0.15) is 99.8 Å². The van der Waals surface area contributed by atoms with Crippen LogP contribution in [0.25, 0.3) is 4.85 Å². The molecule has 0 heterocycles. The maximum absolute atomic E-state index is 14.5. The van der Waals surface area contributed by atoms with Crippen LogP contribution in [0.3, 0.4) is 0 Å². The summed E-state index contributed by atoms with van der Waals surface area (Å²) < 4.78 is 5.63. The van der Waals surface area contributed by atoms with E-state index in [1.165, 1.54) is 0 Å². The van der Waals surface area contributed by atoms with Gasteiger partial charge in [-0.25, -0.2) is 4.85 Å². The highest BCUT2D eigenvalue weighted by Crippen LogP contribution is 2.75. The largest absolute Gasteiger partial charge is 0.523 e. The lowest BCUT2D eigenvalue weighted by Gasteiger charge is -2.71. The highest BCUT2D eigenvalue weighted by atomic mass is 16.5. The summed E-state index contributed by atoms with van der Waals surface area (Å²) in [5, 5.41) is 23.7. The smallest absolute Gasteiger partial charge is 0.312 e. The SMILES string of the molecule is [C-]#[N+]C1=C(O)[C@@H](C)[C@@H]2CC[C@]3(C)C(=CC(=O)[C@]4(O)[C@@H]5CC(C)(C)CC[C@]5(C(=O)OCC)CC[C@@]34C)[C@@]2(C)C1. The molecule has 2 N–H and O–H groups in total. The van der Waals surface area contributed by atoms with Crippen molar-refractivity contribution in [3.05, 3.63) is 34.5 Å². The number of fused-ring (bicyclic) bond motifs is 7. The monoisotopic (exact) mass is 523 g/mol. The number of carbonyl (C=O) groups is 2. The van der Waals surface area contributed by atoms with Crippen molar-refractivity contribution in [1.82, 2.24) is 0 Å². The Morgan fingerprint density at radius 3 is 2.42 bits per heavy atom. The molecule has 0 saturated heterocycles. The number of hydrogen-bond acceptors (Lipinski definition) is 5. The van der Waals surface area contributed by atoms with Crippen molar-refractivity contribution >= 4 is 11.8 Å². The summed E-state index contributed by atoms with van der Waals surface area (Å²) in [6.07, 6.45) is 7.00. The van der Waals surface area contributed by atoms with E-state index in [1.54, 1.807) is 6.08 Å². The molecule has 0 aromatic carbocycles. The Balaban J connectivity index is 1.70. The van der Waals surface area contributed by atoms with Crippen LogP contribution >= 0.6 is 0 Å². The van der Waals surface area contributed by atoms with Crippen LogP contribution in [0, 0.1) is 51.4 Å². The lowest BCUT2D eigenvalue weighted by Crippen LogP contribution is -2.74. The third kappa shape index (κ3) is 3.09. The molecule has 5 aliphatic rings. The average molecular weight is 524 g/mol. The molecule has 38 heavy (non-hydrogen) atoms. The molecule has 0 aromatic rings. The van der Waals surface area contributed by atoms with Crippen molar-refractivity contribution in [3.8, 4) is 0 Å². The molecule has 8 atom stereocenters. The number of esters is 1. The Bertz CT molecular complexity index is 1190. The first kappa shape index (κ1) is 27.4. The molecule has 0 bridgehead atoms. The molecule has 0 aliphatic heterocycles. The summed E-state index contributed by atoms with van der Waals surface area (Å²) in [6, 6.07) is 0. The topological polar surface area (TPSA) is 88.2 Å². The van der Waals surface area contributed by atoms with E-state index < -0.39 is 33.2 Å². The molecule has 0 radical (unpaired) electrons. The zero-order valence-corrected chi connectivity index (χ0v) is 24.2. The lowest BCUT2D eigenvalue weighted by molar-refractivity contribution is -0.249. The Kier molecular flexibility index (Phi) is 5.92. The van der Waals surface area contributed by atoms with Crippen molar-refractivity contribution in [2.45, 2.75) is 105 Å². The molecular formula is C32H45NO5. The van der Waals surface area contributed by atoms with Gasteiger partial charge in [0.05, 0.1) is 24.4 Å². The molecule has 6 heteroatoms. The van der Waals surface area contributed by atoms with Crippen LogP contribution in [0.2, 0.25) is 0 Å². The fourth-order valence-corrected chi connectivity index (χ4v) is 10.1. The highest BCUT2D eigenvalue weighted by molar-refractivity contribution is 6.01. The number of ketones is 1. The van der Waals surface area contributed by atoms with Gasteiger partial charge in [-0.3, -0.25) is 9.59 Å². The Morgan fingerprint density at radius 1 is 1.13 bits per heavy atom. The standard InChI is InChI=1S/C32H45NO5/c1-9-38-26(36)31-14-12-27(3,4)18-23(31)32(37)24(34)16-22-28(5)17-21(33-8)25(35)19(2)20(28)10-11-29(22,6)30(32,7)13-15-31/h16,19-20,23,35,37H,9-15,17-18H2,1-7H3/t19-,20-,23+,28-,29+,30-,31-,32+/m0/s1. The average Bonchev–Trinajstić information content (AvgIpc) is 2.85. The predicted molar refractivity (Wildman–Crippen MR) is 145 cm³/mol. The first-order chi connectivity index (χ1) is 17.6. The second-order valence-electron chi connectivity index (χ2n) is 14.6. The first-order valence-corrected chi connectivity index (χ1v) is 14.5. The minimum absolute atomic E-state index is 0.102. The number of allylic oxidation sites excluding steroid dienone is 3. The Morgan fingerprint density at radius 2 is 1.79 bits per heavy atom. The summed E-state index contributed by atoms with van der Waals surface area (Å²) in [6.45, 7) is 22.6. The van der Waals surface area contributed by atoms with Crippen molar-refractivity contribution in [3.63, 3.8) is 0 Å². The van der Waals surface area contributed by atoms with E-state index in [0.29, 0.717) is 37.8 Å². The van der Waals surface area contributed by atoms with Crippen LogP contribution in [0.5, 0.6) is 0 Å². The fraction of sp³-hybridized carbons (Fsp3) is 0.781. The minimum atomic E-state index is -1.68. The van der Waals surface area contributed by atoms with Gasteiger partial charge in [0.2, 0.25) is 5.70 Å². The van der Waals surface area contributed by atoms with Gasteiger partial charge in [0.1, 0.15) is 5.60 Å². The summed E-state index contributed by atoms with van der Waals surface area (Å²) in [5.41, 5.74) is -2.94. The molecule has 0 spiro atoms. The van der Waals surface area contributed by atoms with Gasteiger partial charge in [-0.2, -0.15) is 0 Å². The molecule has 0 aromatic heterocycles. The van der Waals surface area contributed by atoms with Gasteiger partial charge in [0.15, 0.2) is 5.78 Å². The maximum Gasteiger partial charge on any atom is 0.312 e. The van der Waals surface area contributed by atoms with E-state index in [9.17, 15) is 19.8 Å². The summed E-state index contributed by atoms with van der Waals surface area (Å²) in [7, 11) is 0. The number of rotatable bonds is 2. The Labute approximate surface area is 227 Å². The fourth-order valence-electron chi connectivity index (χ4n) is 10.1. The molecule has 3 fully saturated rings. The van der Waals surface area contributed by atoms with Crippen LogP contribution < -0.4 is 0 Å². The van der Waals surface area contributed by atoms with E-state index in [1.807, 2.05) is 13.8 Å². The van der Waals surface area contributed by atoms with Gasteiger partial charge < -0.3 is 14.9 Å². The van der Waals surface area contributed by atoms with E-state index >= 15 is 0 Å². The van der Waals surface area contributed by atoms with Gasteiger partial charge in [-0.15, -0.1) is 0 Å². The quantitative estimate of drug-likeness (QED) is 0.316. The summed E-state index contributed by atoms with van der Waals surface area (Å²) in [5.74, 6) is -0.918. The number of ether oxygens (including phenoxy) is 1.